The molecule has 2 aromatic carbocycles. The summed E-state index contributed by atoms with van der Waals surface area (Å²) in [6.07, 6.45) is 2.57. The van der Waals surface area contributed by atoms with Gasteiger partial charge in [0.2, 0.25) is 17.7 Å². The highest BCUT2D eigenvalue weighted by Gasteiger charge is 2.50. The number of rotatable bonds is 4. The molecule has 35 heavy (non-hydrogen) atoms. The van der Waals surface area contributed by atoms with Crippen LogP contribution in [0.15, 0.2) is 42.5 Å². The maximum Gasteiger partial charge on any atom is 0.316 e. The van der Waals surface area contributed by atoms with Gasteiger partial charge < -0.3 is 9.64 Å². The number of carbonyl (C=O) groups is 4. The fourth-order valence-electron chi connectivity index (χ4n) is 5.61. The van der Waals surface area contributed by atoms with E-state index in [0.717, 1.165) is 30.5 Å². The summed E-state index contributed by atoms with van der Waals surface area (Å²) < 4.78 is 5.60. The third-order valence-electron chi connectivity index (χ3n) is 7.62. The summed E-state index contributed by atoms with van der Waals surface area (Å²) in [5.74, 6) is -1.07. The Morgan fingerprint density at radius 1 is 0.943 bits per heavy atom. The van der Waals surface area contributed by atoms with Crippen LogP contribution in [0.5, 0.6) is 5.75 Å². The average Bonchev–Trinajstić information content (AvgIpc) is 3.32. The predicted octanol–water partition coefficient (Wildman–Crippen LogP) is 4.19. The molecule has 3 aliphatic rings. The monoisotopic (exact) mass is 474 g/mol. The van der Waals surface area contributed by atoms with Gasteiger partial charge in [0.25, 0.3) is 0 Å². The van der Waals surface area contributed by atoms with Crippen LogP contribution in [0, 0.1) is 37.5 Å². The van der Waals surface area contributed by atoms with E-state index >= 15 is 0 Å². The first-order valence-electron chi connectivity index (χ1n) is 12.3. The molecule has 0 spiro atoms. The molecule has 7 heteroatoms. The molecule has 3 fully saturated rings. The molecule has 0 N–H and O–H groups in total. The minimum atomic E-state index is -0.560. The Morgan fingerprint density at radius 2 is 1.66 bits per heavy atom. The molecule has 0 unspecified atom stereocenters. The van der Waals surface area contributed by atoms with Crippen LogP contribution >= 0.6 is 0 Å². The van der Waals surface area contributed by atoms with E-state index in [9.17, 15) is 19.2 Å². The van der Waals surface area contributed by atoms with Crippen LogP contribution in [0.3, 0.4) is 0 Å². The number of imide groups is 1. The second kappa shape index (κ2) is 8.95. The van der Waals surface area contributed by atoms with Crippen LogP contribution in [0.25, 0.3) is 0 Å². The first-order valence-corrected chi connectivity index (χ1v) is 12.3. The van der Waals surface area contributed by atoms with E-state index in [2.05, 4.69) is 6.92 Å². The number of nitrogens with zero attached hydrogens (tertiary/aromatic N) is 2. The summed E-state index contributed by atoms with van der Waals surface area (Å²) in [5, 5.41) is 0. The minimum absolute atomic E-state index is 0.0990. The zero-order valence-corrected chi connectivity index (χ0v) is 20.3. The van der Waals surface area contributed by atoms with Gasteiger partial charge in [0, 0.05) is 18.7 Å². The predicted molar refractivity (Wildman–Crippen MR) is 131 cm³/mol. The zero-order chi connectivity index (χ0) is 24.9. The van der Waals surface area contributed by atoms with Gasteiger partial charge in [-0.15, -0.1) is 0 Å². The number of benzene rings is 2. The normalized spacial score (nSPS) is 26.3. The third-order valence-corrected chi connectivity index (χ3v) is 7.62. The molecule has 2 aliphatic heterocycles. The lowest BCUT2D eigenvalue weighted by molar-refractivity contribution is -0.139. The molecular weight excluding hydrogens is 444 g/mol. The van der Waals surface area contributed by atoms with Gasteiger partial charge in [0.05, 0.1) is 23.4 Å². The number of hydrogen-bond acceptors (Lipinski definition) is 5. The fraction of sp³-hybridized carbons (Fsp3) is 0.429. The summed E-state index contributed by atoms with van der Waals surface area (Å²) in [5.41, 5.74) is 3.10. The fourth-order valence-corrected chi connectivity index (χ4v) is 5.61. The number of aryl methyl sites for hydroxylation is 2. The number of carbonyl (C=O) groups excluding carboxylic acids is 4. The van der Waals surface area contributed by atoms with Gasteiger partial charge in [0.1, 0.15) is 5.75 Å². The number of esters is 1. The Labute approximate surface area is 205 Å². The van der Waals surface area contributed by atoms with Crippen molar-refractivity contribution in [3.8, 4) is 5.75 Å². The highest BCUT2D eigenvalue weighted by atomic mass is 16.5. The Morgan fingerprint density at radius 3 is 2.37 bits per heavy atom. The molecule has 2 aromatic rings. The minimum Gasteiger partial charge on any atom is -0.426 e. The molecule has 1 aliphatic carbocycles. The molecule has 0 bridgehead atoms. The summed E-state index contributed by atoms with van der Waals surface area (Å²) in [4.78, 5) is 54.4. The van der Waals surface area contributed by atoms with E-state index in [1.165, 1.54) is 4.90 Å². The van der Waals surface area contributed by atoms with Gasteiger partial charge in [-0.3, -0.25) is 19.2 Å². The van der Waals surface area contributed by atoms with E-state index < -0.39 is 11.9 Å². The Kier molecular flexibility index (Phi) is 5.95. The van der Waals surface area contributed by atoms with Gasteiger partial charge in [-0.25, -0.2) is 4.90 Å². The molecule has 0 radical (unpaired) electrons. The number of ether oxygens (including phenoxy) is 1. The quantitative estimate of drug-likeness (QED) is 0.377. The Balaban J connectivity index is 1.27. The Hall–Kier alpha value is -3.48. The van der Waals surface area contributed by atoms with Crippen molar-refractivity contribution < 1.29 is 23.9 Å². The van der Waals surface area contributed by atoms with Crippen LogP contribution in [-0.4, -0.2) is 30.2 Å². The molecule has 1 saturated carbocycles. The van der Waals surface area contributed by atoms with Crippen molar-refractivity contribution in [1.82, 2.24) is 0 Å². The van der Waals surface area contributed by atoms with E-state index in [1.54, 1.807) is 30.0 Å². The molecule has 3 amide bonds. The van der Waals surface area contributed by atoms with Crippen molar-refractivity contribution >= 4 is 35.1 Å². The largest absolute Gasteiger partial charge is 0.426 e. The second-order valence-corrected chi connectivity index (χ2v) is 10.3. The van der Waals surface area contributed by atoms with Gasteiger partial charge in [0.15, 0.2) is 0 Å². The maximum absolute atomic E-state index is 13.1. The van der Waals surface area contributed by atoms with Crippen LogP contribution in [0.4, 0.5) is 11.4 Å². The van der Waals surface area contributed by atoms with Crippen molar-refractivity contribution in [3.63, 3.8) is 0 Å². The van der Waals surface area contributed by atoms with E-state index in [1.807, 2.05) is 31.2 Å². The zero-order valence-electron chi connectivity index (χ0n) is 20.3. The Bertz CT molecular complexity index is 1200. The smallest absolute Gasteiger partial charge is 0.316 e. The molecule has 0 aromatic heterocycles. The molecular formula is C28H30N2O5. The third kappa shape index (κ3) is 4.24. The summed E-state index contributed by atoms with van der Waals surface area (Å²) >= 11 is 0. The lowest BCUT2D eigenvalue weighted by atomic mass is 9.76. The first kappa shape index (κ1) is 23.3. The first-order chi connectivity index (χ1) is 16.7. The van der Waals surface area contributed by atoms with Crippen molar-refractivity contribution in [2.45, 2.75) is 46.5 Å². The number of amides is 3. The van der Waals surface area contributed by atoms with Crippen molar-refractivity contribution in [1.29, 1.82) is 0 Å². The van der Waals surface area contributed by atoms with Gasteiger partial charge in [-0.2, -0.15) is 0 Å². The number of fused-ring (bicyclic) bond motifs is 1. The number of anilines is 2. The molecule has 4 atom stereocenters. The molecule has 2 heterocycles. The van der Waals surface area contributed by atoms with Crippen LogP contribution in [0.1, 0.15) is 43.7 Å². The standard InChI is InChI=1S/C28H30N2O5/c1-16-4-7-20(8-5-16)29-15-19(14-25(29)31)28(34)35-21-9-11-24(18(3)13-21)30-26(32)22-10-6-17(2)12-23(22)27(30)33/h4-5,7-9,11,13,17,19,22-23H,6,10,12,14-15H2,1-3H3/t17-,19+,22+,23-/m0/s1. The van der Waals surface area contributed by atoms with Crippen molar-refractivity contribution in [2.75, 3.05) is 16.3 Å². The molecule has 7 nitrogen and oxygen atoms in total. The topological polar surface area (TPSA) is 84.0 Å². The van der Waals surface area contributed by atoms with Crippen molar-refractivity contribution in [3.05, 3.63) is 53.6 Å². The summed E-state index contributed by atoms with van der Waals surface area (Å²) in [6.45, 7) is 6.18. The summed E-state index contributed by atoms with van der Waals surface area (Å²) in [7, 11) is 0. The molecule has 5 rings (SSSR count). The summed E-state index contributed by atoms with van der Waals surface area (Å²) in [6, 6.07) is 12.6. The highest BCUT2D eigenvalue weighted by molar-refractivity contribution is 6.22. The van der Waals surface area contributed by atoms with Gasteiger partial charge in [-0.05, 0) is 74.9 Å². The average molecular weight is 475 g/mol. The van der Waals surface area contributed by atoms with Gasteiger partial charge in [-0.1, -0.05) is 24.6 Å². The SMILES string of the molecule is Cc1ccc(N2C[C@H](C(=O)Oc3ccc(N4C(=O)[C@H]5C[C@@H](C)CC[C@H]5C4=O)c(C)c3)CC2=O)cc1. The molecule has 2 saturated heterocycles. The maximum atomic E-state index is 13.1. The van der Waals surface area contributed by atoms with Crippen LogP contribution < -0.4 is 14.5 Å². The van der Waals surface area contributed by atoms with E-state index in [4.69, 9.17) is 4.74 Å². The second-order valence-electron chi connectivity index (χ2n) is 10.3. The van der Waals surface area contributed by atoms with Gasteiger partial charge >= 0.3 is 5.97 Å². The van der Waals surface area contributed by atoms with E-state index in [-0.39, 0.29) is 42.5 Å². The lowest BCUT2D eigenvalue weighted by Crippen LogP contribution is -2.31. The van der Waals surface area contributed by atoms with Crippen molar-refractivity contribution in [2.24, 2.45) is 23.7 Å². The highest BCUT2D eigenvalue weighted by Crippen LogP contribution is 2.43. The molecule has 182 valence electrons. The van der Waals surface area contributed by atoms with Crippen LogP contribution in [0.2, 0.25) is 0 Å². The van der Waals surface area contributed by atoms with Crippen LogP contribution in [-0.2, 0) is 19.2 Å². The van der Waals surface area contributed by atoms with E-state index in [0.29, 0.717) is 22.9 Å². The number of hydrogen-bond donors (Lipinski definition) is 0. The lowest BCUT2D eigenvalue weighted by Gasteiger charge is -2.25.